The Bertz CT molecular complexity index is 885. The highest BCUT2D eigenvalue weighted by Crippen LogP contribution is 2.35. The molecule has 1 atom stereocenters. The number of rotatable bonds is 5. The Hall–Kier alpha value is -1.49. The first-order chi connectivity index (χ1) is 11.6. The number of sulfonamides is 1. The van der Waals surface area contributed by atoms with Gasteiger partial charge in [-0.1, -0.05) is 18.0 Å². The van der Waals surface area contributed by atoms with Crippen molar-refractivity contribution in [2.45, 2.75) is 62.9 Å². The molecule has 2 aromatic heterocycles. The normalized spacial score (nSPS) is 17.9. The maximum absolute atomic E-state index is 12.7. The molecule has 0 bridgehead atoms. The van der Waals surface area contributed by atoms with E-state index >= 15 is 0 Å². The van der Waals surface area contributed by atoms with Crippen LogP contribution in [0, 0.1) is 13.8 Å². The molecule has 1 saturated carbocycles. The average molecular weight is 405 g/mol. The molecule has 0 aromatic carbocycles. The molecule has 0 amide bonds. The Balaban J connectivity index is 0.00000243. The second-order valence-corrected chi connectivity index (χ2v) is 8.44. The minimum atomic E-state index is -3.77. The van der Waals surface area contributed by atoms with Gasteiger partial charge < -0.3 is 10.3 Å². The van der Waals surface area contributed by atoms with Crippen LogP contribution in [0.3, 0.4) is 0 Å². The van der Waals surface area contributed by atoms with Crippen molar-refractivity contribution in [2.75, 3.05) is 0 Å². The first-order valence-electron chi connectivity index (χ1n) is 8.29. The van der Waals surface area contributed by atoms with Crippen LogP contribution in [-0.4, -0.2) is 28.3 Å². The number of hydrogen-bond donors (Lipinski definition) is 2. The van der Waals surface area contributed by atoms with Gasteiger partial charge in [-0.2, -0.15) is 14.8 Å². The molecule has 2 heterocycles. The summed E-state index contributed by atoms with van der Waals surface area (Å²) in [6.07, 6.45) is 3.67. The smallest absolute Gasteiger partial charge is 0.244 e. The molecule has 1 aliphatic carbocycles. The lowest BCUT2D eigenvalue weighted by Crippen LogP contribution is -2.34. The highest BCUT2D eigenvalue weighted by molar-refractivity contribution is 7.89. The van der Waals surface area contributed by atoms with Crippen molar-refractivity contribution in [1.82, 2.24) is 24.6 Å². The Kier molecular flexibility index (Phi) is 5.81. The zero-order chi connectivity index (χ0) is 18.4. The lowest BCUT2D eigenvalue weighted by Gasteiger charge is -2.17. The summed E-state index contributed by atoms with van der Waals surface area (Å²) in [6, 6.07) is -0.671. The van der Waals surface area contributed by atoms with Crippen molar-refractivity contribution >= 4 is 22.4 Å². The fourth-order valence-electron chi connectivity index (χ4n) is 3.33. The van der Waals surface area contributed by atoms with E-state index in [0.717, 1.165) is 25.7 Å². The molecule has 0 spiro atoms. The van der Waals surface area contributed by atoms with Crippen molar-refractivity contribution < 1.29 is 12.9 Å². The lowest BCUT2D eigenvalue weighted by molar-refractivity contribution is 0.333. The van der Waals surface area contributed by atoms with Crippen LogP contribution in [0.5, 0.6) is 0 Å². The van der Waals surface area contributed by atoms with E-state index in [1.54, 1.807) is 27.8 Å². The fraction of sp³-hybridized carbons (Fsp3) is 0.667. The molecular weight excluding hydrogens is 380 g/mol. The lowest BCUT2D eigenvalue weighted by atomic mass is 9.99. The number of nitrogens with two attached hydrogens (primary N) is 1. The summed E-state index contributed by atoms with van der Waals surface area (Å²) in [5.41, 5.74) is 6.75. The van der Waals surface area contributed by atoms with Gasteiger partial charge in [0.15, 0.2) is 5.82 Å². The maximum Gasteiger partial charge on any atom is 0.244 e. The van der Waals surface area contributed by atoms with Crippen molar-refractivity contribution in [3.8, 4) is 0 Å². The Morgan fingerprint density at radius 1 is 1.31 bits per heavy atom. The topological polar surface area (TPSA) is 129 Å². The molecule has 146 valence electrons. The SMILES string of the molecule is Cc1nn(C)c(C)c1S(=O)(=O)NC(C)c1nc(C2(N)CCCC2)no1.Cl. The van der Waals surface area contributed by atoms with Crippen LogP contribution in [0.1, 0.15) is 61.8 Å². The van der Waals surface area contributed by atoms with Crippen LogP contribution < -0.4 is 10.5 Å². The molecule has 0 saturated heterocycles. The molecule has 11 heteroatoms. The van der Waals surface area contributed by atoms with Crippen molar-refractivity contribution in [3.05, 3.63) is 23.1 Å². The van der Waals surface area contributed by atoms with Gasteiger partial charge in [-0.15, -0.1) is 12.4 Å². The van der Waals surface area contributed by atoms with Crippen LogP contribution in [0.15, 0.2) is 9.42 Å². The molecule has 2 aromatic rings. The third-order valence-corrected chi connectivity index (χ3v) is 6.59. The molecule has 0 aliphatic heterocycles. The summed E-state index contributed by atoms with van der Waals surface area (Å²) >= 11 is 0. The minimum Gasteiger partial charge on any atom is -0.338 e. The first-order valence-corrected chi connectivity index (χ1v) is 9.78. The summed E-state index contributed by atoms with van der Waals surface area (Å²) in [5, 5.41) is 8.12. The number of aryl methyl sites for hydroxylation is 2. The van der Waals surface area contributed by atoms with E-state index in [4.69, 9.17) is 10.3 Å². The highest BCUT2D eigenvalue weighted by atomic mass is 35.5. The van der Waals surface area contributed by atoms with E-state index in [2.05, 4.69) is 20.0 Å². The van der Waals surface area contributed by atoms with E-state index in [1.807, 2.05) is 0 Å². The van der Waals surface area contributed by atoms with Gasteiger partial charge in [0.1, 0.15) is 4.90 Å². The van der Waals surface area contributed by atoms with Gasteiger partial charge >= 0.3 is 0 Å². The Morgan fingerprint density at radius 2 is 1.92 bits per heavy atom. The number of hydrogen-bond acceptors (Lipinski definition) is 7. The predicted octanol–water partition coefficient (Wildman–Crippen LogP) is 1.61. The van der Waals surface area contributed by atoms with E-state index in [9.17, 15) is 8.42 Å². The standard InChI is InChI=1S/C15H24N6O3S.ClH/c1-9-12(11(3)21(4)18-9)25(22,23)20-10(2)13-17-14(19-24-13)15(16)7-5-6-8-15;/h10,20H,5-8,16H2,1-4H3;1H. The van der Waals surface area contributed by atoms with Crippen LogP contribution in [-0.2, 0) is 22.6 Å². The van der Waals surface area contributed by atoms with Crippen molar-refractivity contribution in [3.63, 3.8) is 0 Å². The average Bonchev–Trinajstić information content (AvgIpc) is 3.20. The van der Waals surface area contributed by atoms with Gasteiger partial charge in [-0.3, -0.25) is 4.68 Å². The quantitative estimate of drug-likeness (QED) is 0.774. The number of nitrogens with one attached hydrogen (secondary N) is 1. The second kappa shape index (κ2) is 7.26. The van der Waals surface area contributed by atoms with Gasteiger partial charge in [0.25, 0.3) is 0 Å². The minimum absolute atomic E-state index is 0. The van der Waals surface area contributed by atoms with E-state index in [1.165, 1.54) is 4.68 Å². The first kappa shape index (κ1) is 20.8. The van der Waals surface area contributed by atoms with Gasteiger partial charge in [0.2, 0.25) is 15.9 Å². The molecule has 9 nitrogen and oxygen atoms in total. The number of halogens is 1. The molecule has 1 fully saturated rings. The maximum atomic E-state index is 12.7. The Morgan fingerprint density at radius 3 is 2.46 bits per heavy atom. The fourth-order valence-corrected chi connectivity index (χ4v) is 4.96. The predicted molar refractivity (Wildman–Crippen MR) is 97.3 cm³/mol. The summed E-state index contributed by atoms with van der Waals surface area (Å²) in [5.74, 6) is 0.647. The zero-order valence-corrected chi connectivity index (χ0v) is 16.9. The van der Waals surface area contributed by atoms with Crippen molar-refractivity contribution in [1.29, 1.82) is 0 Å². The second-order valence-electron chi connectivity index (χ2n) is 6.79. The van der Waals surface area contributed by atoms with Gasteiger partial charge in [-0.05, 0) is 33.6 Å². The highest BCUT2D eigenvalue weighted by Gasteiger charge is 2.37. The number of nitrogens with zero attached hydrogens (tertiary/aromatic N) is 4. The number of aromatic nitrogens is 4. The van der Waals surface area contributed by atoms with E-state index in [-0.39, 0.29) is 23.2 Å². The molecule has 3 rings (SSSR count). The summed E-state index contributed by atoms with van der Waals surface area (Å²) in [4.78, 5) is 4.52. The van der Waals surface area contributed by atoms with Crippen molar-refractivity contribution in [2.24, 2.45) is 12.8 Å². The molecule has 0 radical (unpaired) electrons. The van der Waals surface area contributed by atoms with Crippen LogP contribution in [0.25, 0.3) is 0 Å². The van der Waals surface area contributed by atoms with Gasteiger partial charge in [-0.25, -0.2) is 8.42 Å². The Labute approximate surface area is 159 Å². The monoisotopic (exact) mass is 404 g/mol. The van der Waals surface area contributed by atoms with E-state index in [0.29, 0.717) is 17.2 Å². The van der Waals surface area contributed by atoms with E-state index < -0.39 is 21.6 Å². The summed E-state index contributed by atoms with van der Waals surface area (Å²) < 4.78 is 34.8. The van der Waals surface area contributed by atoms with Crippen LogP contribution >= 0.6 is 12.4 Å². The summed E-state index contributed by atoms with van der Waals surface area (Å²) in [7, 11) is -2.06. The third kappa shape index (κ3) is 3.64. The molecular formula is C15H25ClN6O3S. The molecule has 1 unspecified atom stereocenters. The van der Waals surface area contributed by atoms with Gasteiger partial charge in [0.05, 0.1) is 23.0 Å². The van der Waals surface area contributed by atoms with Gasteiger partial charge in [0, 0.05) is 7.05 Å². The van der Waals surface area contributed by atoms with Crippen LogP contribution in [0.4, 0.5) is 0 Å². The van der Waals surface area contributed by atoms with Crippen LogP contribution in [0.2, 0.25) is 0 Å². The molecule has 1 aliphatic rings. The molecule has 3 N–H and O–H groups in total. The summed E-state index contributed by atoms with van der Waals surface area (Å²) in [6.45, 7) is 5.03. The third-order valence-electron chi connectivity index (χ3n) is 4.80. The zero-order valence-electron chi connectivity index (χ0n) is 15.3. The largest absolute Gasteiger partial charge is 0.338 e. The molecule has 26 heavy (non-hydrogen) atoms.